The molecule has 1 aromatic carbocycles. The average Bonchev–Trinajstić information content (AvgIpc) is 2.99. The third-order valence-corrected chi connectivity index (χ3v) is 2.88. The third-order valence-electron chi connectivity index (χ3n) is 2.88. The van der Waals surface area contributed by atoms with Gasteiger partial charge in [0.15, 0.2) is 5.82 Å². The predicted octanol–water partition coefficient (Wildman–Crippen LogP) is 0.781. The summed E-state index contributed by atoms with van der Waals surface area (Å²) in [5.41, 5.74) is 0.921. The number of rotatable bonds is 6. The molecular formula is C14H17N5O4. The zero-order chi connectivity index (χ0) is 16.7. The van der Waals surface area contributed by atoms with Gasteiger partial charge in [-0.3, -0.25) is 10.1 Å². The van der Waals surface area contributed by atoms with E-state index < -0.39 is 6.09 Å². The quantitative estimate of drug-likeness (QED) is 0.815. The number of methoxy groups -OCH3 is 2. The Labute approximate surface area is 132 Å². The van der Waals surface area contributed by atoms with E-state index in [1.54, 1.807) is 7.11 Å². The van der Waals surface area contributed by atoms with E-state index >= 15 is 0 Å². The average molecular weight is 319 g/mol. The number of carbonyl (C=O) groups is 2. The van der Waals surface area contributed by atoms with Crippen LogP contribution in [0.25, 0.3) is 0 Å². The molecule has 23 heavy (non-hydrogen) atoms. The van der Waals surface area contributed by atoms with Crippen LogP contribution < -0.4 is 15.4 Å². The largest absolute Gasteiger partial charge is 0.497 e. The summed E-state index contributed by atoms with van der Waals surface area (Å²) in [6, 6.07) is 7.41. The molecule has 1 heterocycles. The van der Waals surface area contributed by atoms with Crippen LogP contribution in [-0.2, 0) is 22.6 Å². The standard InChI is InChI=1S/C14H17N5O4/c1-22-11-5-3-4-10(6-11)7-15-13(20)9-19-8-12(17-18-19)16-14(21)23-2/h3-6,8H,7,9H2,1-2H3,(H,15,20)(H,16,21). The summed E-state index contributed by atoms with van der Waals surface area (Å²) in [5, 5.41) is 12.6. The number of nitrogens with zero attached hydrogens (tertiary/aromatic N) is 3. The van der Waals surface area contributed by atoms with E-state index in [1.807, 2.05) is 24.3 Å². The molecule has 0 aliphatic carbocycles. The van der Waals surface area contributed by atoms with Crippen LogP contribution >= 0.6 is 0 Å². The molecule has 0 saturated carbocycles. The number of amides is 2. The Morgan fingerprint density at radius 2 is 2.13 bits per heavy atom. The molecule has 0 saturated heterocycles. The molecule has 1 aromatic heterocycles. The highest BCUT2D eigenvalue weighted by atomic mass is 16.5. The second-order valence-electron chi connectivity index (χ2n) is 4.55. The summed E-state index contributed by atoms with van der Waals surface area (Å²) in [5.74, 6) is 0.700. The van der Waals surface area contributed by atoms with E-state index in [4.69, 9.17) is 4.74 Å². The number of carbonyl (C=O) groups excluding carboxylic acids is 2. The maximum absolute atomic E-state index is 11.9. The van der Waals surface area contributed by atoms with Crippen molar-refractivity contribution < 1.29 is 19.1 Å². The predicted molar refractivity (Wildman–Crippen MR) is 80.9 cm³/mol. The van der Waals surface area contributed by atoms with E-state index in [0.29, 0.717) is 6.54 Å². The molecule has 122 valence electrons. The van der Waals surface area contributed by atoms with Crippen molar-refractivity contribution in [3.8, 4) is 5.75 Å². The molecule has 0 aliphatic heterocycles. The van der Waals surface area contributed by atoms with Gasteiger partial charge in [-0.05, 0) is 17.7 Å². The van der Waals surface area contributed by atoms with E-state index in [1.165, 1.54) is 18.0 Å². The van der Waals surface area contributed by atoms with Crippen molar-refractivity contribution in [2.45, 2.75) is 13.1 Å². The minimum absolute atomic E-state index is 0.0141. The van der Waals surface area contributed by atoms with Crippen LogP contribution in [0.15, 0.2) is 30.5 Å². The number of hydrogen-bond donors (Lipinski definition) is 2. The third kappa shape index (κ3) is 4.99. The summed E-state index contributed by atoms with van der Waals surface area (Å²) in [7, 11) is 2.83. The topological polar surface area (TPSA) is 107 Å². The lowest BCUT2D eigenvalue weighted by Gasteiger charge is -2.06. The van der Waals surface area contributed by atoms with Gasteiger partial charge in [-0.1, -0.05) is 17.3 Å². The molecular weight excluding hydrogens is 302 g/mol. The van der Waals surface area contributed by atoms with Crippen LogP contribution in [-0.4, -0.2) is 41.2 Å². The van der Waals surface area contributed by atoms with Crippen LogP contribution in [0.2, 0.25) is 0 Å². The number of anilines is 1. The van der Waals surface area contributed by atoms with Crippen molar-refractivity contribution in [3.63, 3.8) is 0 Å². The van der Waals surface area contributed by atoms with E-state index in [-0.39, 0.29) is 18.3 Å². The van der Waals surface area contributed by atoms with Gasteiger partial charge in [-0.2, -0.15) is 0 Å². The zero-order valence-electron chi connectivity index (χ0n) is 12.8. The molecule has 0 unspecified atom stereocenters. The molecule has 0 atom stereocenters. The highest BCUT2D eigenvalue weighted by Gasteiger charge is 2.08. The molecule has 0 fully saturated rings. The van der Waals surface area contributed by atoms with Crippen molar-refractivity contribution in [3.05, 3.63) is 36.0 Å². The fourth-order valence-corrected chi connectivity index (χ4v) is 1.77. The summed E-state index contributed by atoms with van der Waals surface area (Å²) in [6.07, 6.45) is 0.779. The van der Waals surface area contributed by atoms with Crippen LogP contribution in [0, 0.1) is 0 Å². The van der Waals surface area contributed by atoms with Gasteiger partial charge in [-0.25, -0.2) is 9.48 Å². The van der Waals surface area contributed by atoms with Crippen LogP contribution in [0.1, 0.15) is 5.56 Å². The van der Waals surface area contributed by atoms with Gasteiger partial charge in [0.05, 0.1) is 20.4 Å². The second kappa shape index (κ2) is 7.78. The Hall–Kier alpha value is -3.10. The normalized spacial score (nSPS) is 10.0. The highest BCUT2D eigenvalue weighted by molar-refractivity contribution is 5.82. The van der Waals surface area contributed by atoms with E-state index in [0.717, 1.165) is 11.3 Å². The Balaban J connectivity index is 1.83. The highest BCUT2D eigenvalue weighted by Crippen LogP contribution is 2.12. The number of ether oxygens (including phenoxy) is 2. The van der Waals surface area contributed by atoms with Gasteiger partial charge < -0.3 is 14.8 Å². The molecule has 2 aromatic rings. The van der Waals surface area contributed by atoms with Gasteiger partial charge in [0, 0.05) is 6.54 Å². The van der Waals surface area contributed by atoms with Crippen LogP contribution in [0.4, 0.5) is 10.6 Å². The Bertz CT molecular complexity index is 685. The summed E-state index contributed by atoms with van der Waals surface area (Å²) in [6.45, 7) is 0.359. The fourth-order valence-electron chi connectivity index (χ4n) is 1.77. The van der Waals surface area contributed by atoms with Crippen molar-refractivity contribution in [2.24, 2.45) is 0 Å². The van der Waals surface area contributed by atoms with E-state index in [2.05, 4.69) is 25.7 Å². The maximum Gasteiger partial charge on any atom is 0.412 e. The molecule has 0 spiro atoms. The number of hydrogen-bond acceptors (Lipinski definition) is 6. The first-order valence-corrected chi connectivity index (χ1v) is 6.75. The molecule has 9 heteroatoms. The van der Waals surface area contributed by atoms with Gasteiger partial charge in [-0.15, -0.1) is 5.10 Å². The van der Waals surface area contributed by atoms with Gasteiger partial charge >= 0.3 is 6.09 Å². The second-order valence-corrected chi connectivity index (χ2v) is 4.55. The molecule has 0 aliphatic rings. The van der Waals surface area contributed by atoms with Crippen molar-refractivity contribution in [1.82, 2.24) is 20.3 Å². The summed E-state index contributed by atoms with van der Waals surface area (Å²) >= 11 is 0. The van der Waals surface area contributed by atoms with Crippen molar-refractivity contribution in [1.29, 1.82) is 0 Å². The van der Waals surface area contributed by atoms with Gasteiger partial charge in [0.25, 0.3) is 0 Å². The lowest BCUT2D eigenvalue weighted by molar-refractivity contribution is -0.122. The maximum atomic E-state index is 11.9. The summed E-state index contributed by atoms with van der Waals surface area (Å²) in [4.78, 5) is 22.9. The minimum atomic E-state index is -0.653. The number of nitrogens with one attached hydrogen (secondary N) is 2. The molecule has 0 bridgehead atoms. The molecule has 2 rings (SSSR count). The van der Waals surface area contributed by atoms with Crippen molar-refractivity contribution >= 4 is 17.8 Å². The zero-order valence-corrected chi connectivity index (χ0v) is 12.8. The lowest BCUT2D eigenvalue weighted by Crippen LogP contribution is -2.27. The molecule has 2 amide bonds. The smallest absolute Gasteiger partial charge is 0.412 e. The summed E-state index contributed by atoms with van der Waals surface area (Å²) < 4.78 is 10.9. The first-order chi connectivity index (χ1) is 11.1. The Morgan fingerprint density at radius 1 is 1.30 bits per heavy atom. The van der Waals surface area contributed by atoms with Crippen LogP contribution in [0.3, 0.4) is 0 Å². The number of aromatic nitrogens is 3. The lowest BCUT2D eigenvalue weighted by atomic mass is 10.2. The Kier molecular flexibility index (Phi) is 5.50. The van der Waals surface area contributed by atoms with Crippen molar-refractivity contribution in [2.75, 3.05) is 19.5 Å². The molecule has 2 N–H and O–H groups in total. The van der Waals surface area contributed by atoms with Gasteiger partial charge in [0.2, 0.25) is 5.91 Å². The first-order valence-electron chi connectivity index (χ1n) is 6.75. The van der Waals surface area contributed by atoms with E-state index in [9.17, 15) is 9.59 Å². The monoisotopic (exact) mass is 319 g/mol. The number of benzene rings is 1. The molecule has 9 nitrogen and oxygen atoms in total. The Morgan fingerprint density at radius 3 is 2.87 bits per heavy atom. The first kappa shape index (κ1) is 16.3. The van der Waals surface area contributed by atoms with Gasteiger partial charge in [0.1, 0.15) is 12.3 Å². The van der Waals surface area contributed by atoms with Crippen LogP contribution in [0.5, 0.6) is 5.75 Å². The fraction of sp³-hybridized carbons (Fsp3) is 0.286. The SMILES string of the molecule is COC(=O)Nc1cn(CC(=O)NCc2cccc(OC)c2)nn1. The minimum Gasteiger partial charge on any atom is -0.497 e. The molecule has 0 radical (unpaired) electrons.